The Morgan fingerprint density at radius 1 is 1.06 bits per heavy atom. The van der Waals surface area contributed by atoms with Gasteiger partial charge in [0.05, 0.1) is 16.8 Å². The average molecular weight is 483 g/mol. The lowest BCUT2D eigenvalue weighted by Crippen LogP contribution is -2.32. The van der Waals surface area contributed by atoms with Gasteiger partial charge >= 0.3 is 0 Å². The van der Waals surface area contributed by atoms with Crippen LogP contribution in [-0.2, 0) is 23.0 Å². The van der Waals surface area contributed by atoms with Gasteiger partial charge in [0.1, 0.15) is 17.4 Å². The summed E-state index contributed by atoms with van der Waals surface area (Å²) in [6, 6.07) is 17.1. The van der Waals surface area contributed by atoms with E-state index in [0.29, 0.717) is 18.3 Å². The largest absolute Gasteiger partial charge is 0.487 e. The molecule has 1 aliphatic heterocycles. The fraction of sp³-hybridized carbons (Fsp3) is 0.333. The van der Waals surface area contributed by atoms with Gasteiger partial charge < -0.3 is 4.74 Å². The van der Waals surface area contributed by atoms with Crippen LogP contribution in [-0.4, -0.2) is 47.3 Å². The SMILES string of the molecule is CS(=O)(=O)c1ccc(OCc2cn3nc(C4CCN(Cc5ccccc5)CC4)sc3n2)cc1. The molecule has 33 heavy (non-hydrogen) atoms. The number of aromatic nitrogens is 3. The second-order valence-electron chi connectivity index (χ2n) is 8.47. The van der Waals surface area contributed by atoms with Gasteiger partial charge in [-0.2, -0.15) is 5.10 Å². The zero-order valence-corrected chi connectivity index (χ0v) is 20.1. The van der Waals surface area contributed by atoms with E-state index in [4.69, 9.17) is 9.84 Å². The van der Waals surface area contributed by atoms with Crippen LogP contribution < -0.4 is 4.74 Å². The molecule has 2 aromatic carbocycles. The molecule has 4 aromatic rings. The van der Waals surface area contributed by atoms with Crippen molar-refractivity contribution in [2.24, 2.45) is 0 Å². The lowest BCUT2D eigenvalue weighted by Gasteiger charge is -2.30. The number of likely N-dealkylation sites (tertiary alicyclic amines) is 1. The second kappa shape index (κ2) is 9.24. The number of rotatable bonds is 7. The Hall–Kier alpha value is -2.75. The van der Waals surface area contributed by atoms with E-state index in [1.54, 1.807) is 35.6 Å². The monoisotopic (exact) mass is 482 g/mol. The Bertz CT molecular complexity index is 1290. The number of fused-ring (bicyclic) bond motifs is 1. The third kappa shape index (κ3) is 5.26. The highest BCUT2D eigenvalue weighted by molar-refractivity contribution is 7.90. The lowest BCUT2D eigenvalue weighted by molar-refractivity contribution is 0.204. The van der Waals surface area contributed by atoms with Crippen LogP contribution in [0, 0.1) is 0 Å². The molecular weight excluding hydrogens is 456 g/mol. The first-order valence-electron chi connectivity index (χ1n) is 11.0. The number of hydrogen-bond acceptors (Lipinski definition) is 7. The van der Waals surface area contributed by atoms with Crippen LogP contribution in [0.5, 0.6) is 5.75 Å². The van der Waals surface area contributed by atoms with E-state index in [9.17, 15) is 8.42 Å². The van der Waals surface area contributed by atoms with Crippen molar-refractivity contribution in [1.29, 1.82) is 0 Å². The molecule has 2 aromatic heterocycles. The Morgan fingerprint density at radius 3 is 2.45 bits per heavy atom. The number of nitrogens with zero attached hydrogens (tertiary/aromatic N) is 4. The average Bonchev–Trinajstić information content (AvgIpc) is 3.38. The van der Waals surface area contributed by atoms with E-state index >= 15 is 0 Å². The Labute approximate surface area is 197 Å². The van der Waals surface area contributed by atoms with Crippen molar-refractivity contribution in [2.45, 2.75) is 36.8 Å². The van der Waals surface area contributed by atoms with Crippen molar-refractivity contribution in [3.63, 3.8) is 0 Å². The summed E-state index contributed by atoms with van der Waals surface area (Å²) >= 11 is 1.66. The van der Waals surface area contributed by atoms with E-state index < -0.39 is 9.84 Å². The molecule has 0 radical (unpaired) electrons. The smallest absolute Gasteiger partial charge is 0.212 e. The van der Waals surface area contributed by atoms with Crippen LogP contribution in [0.4, 0.5) is 0 Å². The van der Waals surface area contributed by atoms with Gasteiger partial charge in [0.15, 0.2) is 9.84 Å². The Kier molecular flexibility index (Phi) is 6.18. The summed E-state index contributed by atoms with van der Waals surface area (Å²) in [6.45, 7) is 3.48. The molecule has 0 spiro atoms. The first-order chi connectivity index (χ1) is 15.9. The molecule has 3 heterocycles. The first kappa shape index (κ1) is 22.1. The van der Waals surface area contributed by atoms with Crippen molar-refractivity contribution >= 4 is 26.1 Å². The van der Waals surface area contributed by atoms with Crippen molar-refractivity contribution in [1.82, 2.24) is 19.5 Å². The van der Waals surface area contributed by atoms with Crippen LogP contribution in [0.25, 0.3) is 4.96 Å². The van der Waals surface area contributed by atoms with Gasteiger partial charge in [0, 0.05) is 18.7 Å². The molecule has 7 nitrogen and oxygen atoms in total. The molecule has 1 fully saturated rings. The number of hydrogen-bond donors (Lipinski definition) is 0. The van der Waals surface area contributed by atoms with E-state index in [0.717, 1.165) is 48.1 Å². The molecular formula is C24H26N4O3S2. The summed E-state index contributed by atoms with van der Waals surface area (Å²) in [4.78, 5) is 8.33. The van der Waals surface area contributed by atoms with E-state index in [1.165, 1.54) is 11.8 Å². The number of ether oxygens (including phenoxy) is 1. The predicted molar refractivity (Wildman–Crippen MR) is 128 cm³/mol. The highest BCUT2D eigenvalue weighted by Gasteiger charge is 2.24. The molecule has 0 unspecified atom stereocenters. The highest BCUT2D eigenvalue weighted by atomic mass is 32.2. The Morgan fingerprint density at radius 2 is 1.79 bits per heavy atom. The lowest BCUT2D eigenvalue weighted by atomic mass is 9.97. The molecule has 1 saturated heterocycles. The van der Waals surface area contributed by atoms with Crippen molar-refractivity contribution in [3.8, 4) is 5.75 Å². The van der Waals surface area contributed by atoms with Crippen molar-refractivity contribution < 1.29 is 13.2 Å². The van der Waals surface area contributed by atoms with Crippen LogP contribution in [0.15, 0.2) is 65.7 Å². The van der Waals surface area contributed by atoms with Gasteiger partial charge in [-0.15, -0.1) is 0 Å². The number of benzene rings is 2. The highest BCUT2D eigenvalue weighted by Crippen LogP contribution is 2.31. The van der Waals surface area contributed by atoms with Gasteiger partial charge in [0.25, 0.3) is 0 Å². The zero-order chi connectivity index (χ0) is 22.8. The fourth-order valence-electron chi connectivity index (χ4n) is 4.12. The number of sulfone groups is 1. The quantitative estimate of drug-likeness (QED) is 0.394. The second-order valence-corrected chi connectivity index (χ2v) is 11.5. The molecule has 9 heteroatoms. The molecule has 172 valence electrons. The minimum atomic E-state index is -3.21. The maximum absolute atomic E-state index is 11.6. The molecule has 0 bridgehead atoms. The van der Waals surface area contributed by atoms with E-state index in [2.05, 4.69) is 40.2 Å². The predicted octanol–water partition coefficient (Wildman–Crippen LogP) is 4.15. The van der Waals surface area contributed by atoms with Crippen LogP contribution in [0.2, 0.25) is 0 Å². The van der Waals surface area contributed by atoms with Crippen LogP contribution in [0.1, 0.15) is 35.0 Å². The fourth-order valence-corrected chi connectivity index (χ4v) is 5.81. The third-order valence-electron chi connectivity index (χ3n) is 5.93. The number of imidazole rings is 1. The molecule has 0 aliphatic carbocycles. The standard InChI is InChI=1S/C24H26N4O3S2/c1-33(29,30)22-9-7-21(8-10-22)31-17-20-16-28-24(25-20)32-23(26-28)19-11-13-27(14-12-19)15-18-5-3-2-4-6-18/h2-10,16,19H,11-15,17H2,1H3. The Balaban J connectivity index is 1.16. The maximum atomic E-state index is 11.6. The van der Waals surface area contributed by atoms with Crippen molar-refractivity contribution in [2.75, 3.05) is 19.3 Å². The third-order valence-corrected chi connectivity index (χ3v) is 8.15. The number of piperidine rings is 1. The molecule has 1 aliphatic rings. The summed E-state index contributed by atoms with van der Waals surface area (Å²) in [5.41, 5.74) is 2.16. The van der Waals surface area contributed by atoms with E-state index in [-0.39, 0.29) is 4.90 Å². The first-order valence-corrected chi connectivity index (χ1v) is 13.7. The minimum absolute atomic E-state index is 0.278. The van der Waals surface area contributed by atoms with Crippen LogP contribution in [0.3, 0.4) is 0 Å². The van der Waals surface area contributed by atoms with Gasteiger partial charge in [-0.05, 0) is 55.8 Å². The van der Waals surface area contributed by atoms with Crippen molar-refractivity contribution in [3.05, 3.63) is 77.1 Å². The van der Waals surface area contributed by atoms with E-state index in [1.807, 2.05) is 10.7 Å². The normalized spacial score (nSPS) is 15.8. The molecule has 0 amide bonds. The summed E-state index contributed by atoms with van der Waals surface area (Å²) in [6.07, 6.45) is 5.33. The van der Waals surface area contributed by atoms with Gasteiger partial charge in [0.2, 0.25) is 4.96 Å². The molecule has 5 rings (SSSR count). The van der Waals surface area contributed by atoms with Crippen LogP contribution >= 0.6 is 11.3 Å². The molecule has 0 atom stereocenters. The topological polar surface area (TPSA) is 76.8 Å². The maximum Gasteiger partial charge on any atom is 0.212 e. The molecule has 0 saturated carbocycles. The van der Waals surface area contributed by atoms with Gasteiger partial charge in [-0.25, -0.2) is 17.9 Å². The summed E-state index contributed by atoms with van der Waals surface area (Å²) in [7, 11) is -3.21. The summed E-state index contributed by atoms with van der Waals surface area (Å²) in [5.74, 6) is 1.09. The van der Waals surface area contributed by atoms with Gasteiger partial charge in [-0.1, -0.05) is 41.7 Å². The summed E-state index contributed by atoms with van der Waals surface area (Å²) < 4.78 is 30.7. The molecule has 0 N–H and O–H groups in total. The minimum Gasteiger partial charge on any atom is -0.487 e. The van der Waals surface area contributed by atoms with Gasteiger partial charge in [-0.3, -0.25) is 4.90 Å². The summed E-state index contributed by atoms with van der Waals surface area (Å²) in [5, 5.41) is 5.95. The zero-order valence-electron chi connectivity index (χ0n) is 18.4.